The minimum absolute atomic E-state index is 0.158. The summed E-state index contributed by atoms with van der Waals surface area (Å²) in [5.41, 5.74) is 3.36. The number of hydrogen-bond donors (Lipinski definition) is 1. The first-order valence-electron chi connectivity index (χ1n) is 12.0. The number of nitrogens with one attached hydrogen (secondary N) is 1. The van der Waals surface area contributed by atoms with Crippen LogP contribution in [0.1, 0.15) is 60.1 Å². The first-order chi connectivity index (χ1) is 16.9. The Morgan fingerprint density at radius 3 is 2.74 bits per heavy atom. The molecule has 0 radical (unpaired) electrons. The first kappa shape index (κ1) is 25.4. The zero-order valence-corrected chi connectivity index (χ0v) is 22.5. The Morgan fingerprint density at radius 1 is 1.29 bits per heavy atom. The number of rotatable bonds is 9. The third-order valence-corrected chi connectivity index (χ3v) is 8.41. The highest BCUT2D eigenvalue weighted by Crippen LogP contribution is 2.41. The summed E-state index contributed by atoms with van der Waals surface area (Å²) in [5, 5.41) is 17.3. The summed E-state index contributed by atoms with van der Waals surface area (Å²) in [4.78, 5) is 26.9. The molecule has 1 aliphatic rings. The van der Waals surface area contributed by atoms with Crippen LogP contribution in [0.3, 0.4) is 0 Å². The number of carbonyl (C=O) groups is 2. The predicted octanol–water partition coefficient (Wildman–Crippen LogP) is 4.49. The van der Waals surface area contributed by atoms with Crippen LogP contribution in [0.15, 0.2) is 11.2 Å². The average Bonchev–Trinajstić information content (AvgIpc) is 3.50. The van der Waals surface area contributed by atoms with Crippen molar-refractivity contribution in [2.45, 2.75) is 65.1 Å². The van der Waals surface area contributed by atoms with E-state index in [9.17, 15) is 9.59 Å². The second-order valence-corrected chi connectivity index (χ2v) is 10.7. The van der Waals surface area contributed by atoms with E-state index in [4.69, 9.17) is 4.74 Å². The van der Waals surface area contributed by atoms with Gasteiger partial charge in [0.05, 0.1) is 23.6 Å². The Hall–Kier alpha value is -2.66. The molecule has 0 aliphatic heterocycles. The van der Waals surface area contributed by atoms with Gasteiger partial charge in [-0.15, -0.1) is 21.5 Å². The Morgan fingerprint density at radius 2 is 2.09 bits per heavy atom. The van der Waals surface area contributed by atoms with E-state index in [1.54, 1.807) is 11.6 Å². The number of thioether (sulfide) groups is 1. The number of anilines is 1. The van der Waals surface area contributed by atoms with Gasteiger partial charge in [-0.1, -0.05) is 25.1 Å². The van der Waals surface area contributed by atoms with Crippen molar-refractivity contribution in [3.05, 3.63) is 27.8 Å². The van der Waals surface area contributed by atoms with Gasteiger partial charge >= 0.3 is 5.97 Å². The number of ether oxygens (including phenoxy) is 1. The minimum Gasteiger partial charge on any atom is -0.462 e. The van der Waals surface area contributed by atoms with Gasteiger partial charge in [-0.3, -0.25) is 9.48 Å². The van der Waals surface area contributed by atoms with Crippen LogP contribution in [0.5, 0.6) is 0 Å². The van der Waals surface area contributed by atoms with Crippen molar-refractivity contribution in [1.29, 1.82) is 0 Å². The van der Waals surface area contributed by atoms with Crippen molar-refractivity contribution in [2.24, 2.45) is 13.0 Å². The summed E-state index contributed by atoms with van der Waals surface area (Å²) in [5.74, 6) is 0.956. The summed E-state index contributed by atoms with van der Waals surface area (Å²) in [6, 6.07) is 1.97. The number of thiophene rings is 1. The number of nitrogens with zero attached hydrogens (tertiary/aromatic N) is 5. The lowest BCUT2D eigenvalue weighted by Crippen LogP contribution is -2.18. The van der Waals surface area contributed by atoms with E-state index < -0.39 is 0 Å². The highest BCUT2D eigenvalue weighted by molar-refractivity contribution is 7.99. The molecule has 1 amide bonds. The molecule has 4 rings (SSSR count). The van der Waals surface area contributed by atoms with Gasteiger partial charge in [0.15, 0.2) is 11.0 Å². The largest absolute Gasteiger partial charge is 0.462 e. The van der Waals surface area contributed by atoms with Crippen LogP contribution in [0.25, 0.3) is 11.5 Å². The topological polar surface area (TPSA) is 104 Å². The molecule has 9 nitrogen and oxygen atoms in total. The maximum atomic E-state index is 12.9. The first-order valence-corrected chi connectivity index (χ1v) is 13.8. The van der Waals surface area contributed by atoms with Crippen LogP contribution >= 0.6 is 23.1 Å². The molecule has 0 saturated carbocycles. The van der Waals surface area contributed by atoms with E-state index >= 15 is 0 Å². The third kappa shape index (κ3) is 5.30. The fraction of sp³-hybridized carbons (Fsp3) is 0.542. The molecule has 0 aromatic carbocycles. The van der Waals surface area contributed by atoms with Crippen molar-refractivity contribution in [3.8, 4) is 11.5 Å². The fourth-order valence-electron chi connectivity index (χ4n) is 4.49. The van der Waals surface area contributed by atoms with Gasteiger partial charge in [-0.25, -0.2) is 4.79 Å². The Labute approximate surface area is 213 Å². The monoisotopic (exact) mass is 516 g/mol. The molecule has 3 aromatic rings. The van der Waals surface area contributed by atoms with E-state index in [1.165, 1.54) is 28.0 Å². The normalized spacial score (nSPS) is 15.2. The molecule has 11 heteroatoms. The molecular weight excluding hydrogens is 484 g/mol. The van der Waals surface area contributed by atoms with Crippen LogP contribution < -0.4 is 5.32 Å². The molecule has 1 atom stereocenters. The molecule has 3 heterocycles. The van der Waals surface area contributed by atoms with Crippen molar-refractivity contribution in [1.82, 2.24) is 24.5 Å². The summed E-state index contributed by atoms with van der Waals surface area (Å²) in [7, 11) is 1.88. The number of aryl methyl sites for hydroxylation is 2. The number of hydrogen-bond acceptors (Lipinski definition) is 8. The predicted molar refractivity (Wildman–Crippen MR) is 138 cm³/mol. The maximum absolute atomic E-state index is 12.9. The quantitative estimate of drug-likeness (QED) is 0.330. The van der Waals surface area contributed by atoms with Crippen LogP contribution in [0, 0.1) is 12.8 Å². The highest BCUT2D eigenvalue weighted by Gasteiger charge is 2.30. The van der Waals surface area contributed by atoms with Gasteiger partial charge in [0.1, 0.15) is 10.7 Å². The number of carbonyl (C=O) groups excluding carboxylic acids is 2. The SMILES string of the molecule is CCOC(=O)c1c(NC(=O)CSc2nnc(-c3cc(C)nn3C)n2CC)sc2c1CCC(CC)C2. The highest BCUT2D eigenvalue weighted by atomic mass is 32.2. The van der Waals surface area contributed by atoms with Gasteiger partial charge in [0.2, 0.25) is 5.91 Å². The lowest BCUT2D eigenvalue weighted by Gasteiger charge is -2.20. The number of fused-ring (bicyclic) bond motifs is 1. The Balaban J connectivity index is 1.50. The van der Waals surface area contributed by atoms with Gasteiger partial charge < -0.3 is 14.6 Å². The van der Waals surface area contributed by atoms with E-state index in [0.29, 0.717) is 34.8 Å². The minimum atomic E-state index is -0.357. The molecule has 1 aliphatic carbocycles. The average molecular weight is 517 g/mol. The lowest BCUT2D eigenvalue weighted by atomic mass is 9.85. The summed E-state index contributed by atoms with van der Waals surface area (Å²) >= 11 is 2.84. The van der Waals surface area contributed by atoms with E-state index in [2.05, 4.69) is 27.5 Å². The summed E-state index contributed by atoms with van der Waals surface area (Å²) in [6.07, 6.45) is 3.96. The fourth-order valence-corrected chi connectivity index (χ4v) is 6.66. The Kier molecular flexibility index (Phi) is 7.95. The van der Waals surface area contributed by atoms with Crippen molar-refractivity contribution in [3.63, 3.8) is 0 Å². The summed E-state index contributed by atoms with van der Waals surface area (Å²) in [6.45, 7) is 8.92. The summed E-state index contributed by atoms with van der Waals surface area (Å²) < 4.78 is 9.09. The number of amides is 1. The van der Waals surface area contributed by atoms with Gasteiger partial charge in [-0.2, -0.15) is 5.10 Å². The third-order valence-electron chi connectivity index (χ3n) is 6.27. The van der Waals surface area contributed by atoms with Crippen LogP contribution in [0.2, 0.25) is 0 Å². The molecule has 1 unspecified atom stereocenters. The molecule has 0 spiro atoms. The molecule has 1 N–H and O–H groups in total. The second kappa shape index (κ2) is 10.9. The number of aromatic nitrogens is 5. The van der Waals surface area contributed by atoms with Gasteiger partial charge in [-0.05, 0) is 57.6 Å². The molecule has 0 saturated heterocycles. The Bertz CT molecular complexity index is 1230. The van der Waals surface area contributed by atoms with Crippen molar-refractivity contribution < 1.29 is 14.3 Å². The van der Waals surface area contributed by atoms with E-state index in [0.717, 1.165) is 48.5 Å². The zero-order valence-electron chi connectivity index (χ0n) is 20.9. The smallest absolute Gasteiger partial charge is 0.341 e. The molecule has 188 valence electrons. The van der Waals surface area contributed by atoms with Gasteiger partial charge in [0, 0.05) is 18.5 Å². The maximum Gasteiger partial charge on any atom is 0.341 e. The molecule has 0 bridgehead atoms. The van der Waals surface area contributed by atoms with Crippen LogP contribution in [-0.4, -0.2) is 48.8 Å². The van der Waals surface area contributed by atoms with Gasteiger partial charge in [0.25, 0.3) is 0 Å². The standard InChI is InChI=1S/C24H32N6O3S2/c1-6-15-9-10-16-18(12-15)35-22(20(16)23(32)33-8-3)25-19(31)13-34-24-27-26-21(30(24)7-2)17-11-14(4)28-29(17)5/h11,15H,6-10,12-13H2,1-5H3,(H,25,31). The molecular formula is C24H32N6O3S2. The second-order valence-electron chi connectivity index (χ2n) is 8.63. The van der Waals surface area contributed by atoms with E-state index in [-0.39, 0.29) is 17.6 Å². The lowest BCUT2D eigenvalue weighted by molar-refractivity contribution is -0.113. The van der Waals surface area contributed by atoms with Crippen LogP contribution in [0.4, 0.5) is 5.00 Å². The molecule has 3 aromatic heterocycles. The van der Waals surface area contributed by atoms with Crippen molar-refractivity contribution in [2.75, 3.05) is 17.7 Å². The molecule has 0 fully saturated rings. The zero-order chi connectivity index (χ0) is 25.1. The van der Waals surface area contributed by atoms with E-state index in [1.807, 2.05) is 31.5 Å². The van der Waals surface area contributed by atoms with Crippen LogP contribution in [-0.2, 0) is 36.0 Å². The van der Waals surface area contributed by atoms with Crippen molar-refractivity contribution >= 4 is 40.0 Å². The molecule has 35 heavy (non-hydrogen) atoms. The number of esters is 1.